The van der Waals surface area contributed by atoms with Crippen LogP contribution in [0.15, 0.2) is 34.6 Å². The van der Waals surface area contributed by atoms with Crippen LogP contribution in [0.25, 0.3) is 0 Å². The molecular formula is C16H21IN4O2S. The Morgan fingerprint density at radius 2 is 2.33 bits per heavy atom. The Hall–Kier alpha value is -1.39. The van der Waals surface area contributed by atoms with Crippen molar-refractivity contribution >= 4 is 41.3 Å². The van der Waals surface area contributed by atoms with E-state index in [0.717, 1.165) is 28.4 Å². The van der Waals surface area contributed by atoms with Gasteiger partial charge in [-0.15, -0.1) is 35.3 Å². The molecular weight excluding hydrogens is 439 g/mol. The molecule has 1 aliphatic rings. The number of hydrogen-bond acceptors (Lipinski definition) is 5. The third kappa shape index (κ3) is 4.81. The summed E-state index contributed by atoms with van der Waals surface area (Å²) in [4.78, 5) is 8.82. The van der Waals surface area contributed by atoms with Gasteiger partial charge in [0.25, 0.3) is 0 Å². The summed E-state index contributed by atoms with van der Waals surface area (Å²) >= 11 is 1.57. The van der Waals surface area contributed by atoms with Gasteiger partial charge in [-0.3, -0.25) is 0 Å². The van der Waals surface area contributed by atoms with Crippen molar-refractivity contribution in [3.8, 4) is 5.75 Å². The van der Waals surface area contributed by atoms with Crippen molar-refractivity contribution in [3.63, 3.8) is 0 Å². The maximum atomic E-state index is 6.02. The number of nitrogens with one attached hydrogen (secondary N) is 1. The predicted molar refractivity (Wildman–Crippen MR) is 106 cm³/mol. The van der Waals surface area contributed by atoms with Crippen molar-refractivity contribution in [2.45, 2.75) is 25.6 Å². The first-order valence-electron chi connectivity index (χ1n) is 7.46. The summed E-state index contributed by atoms with van der Waals surface area (Å²) in [6, 6.07) is 8.13. The maximum Gasteiger partial charge on any atom is 0.189 e. The van der Waals surface area contributed by atoms with E-state index in [-0.39, 0.29) is 30.0 Å². The van der Waals surface area contributed by atoms with E-state index in [4.69, 9.17) is 15.2 Å². The highest BCUT2D eigenvalue weighted by Crippen LogP contribution is 2.31. The van der Waals surface area contributed by atoms with Gasteiger partial charge in [0.05, 0.1) is 31.5 Å². The van der Waals surface area contributed by atoms with E-state index in [1.54, 1.807) is 18.4 Å². The molecule has 1 unspecified atom stereocenters. The summed E-state index contributed by atoms with van der Waals surface area (Å²) in [6.45, 7) is 1.67. The minimum absolute atomic E-state index is 0. The average molecular weight is 460 g/mol. The van der Waals surface area contributed by atoms with Crippen molar-refractivity contribution in [2.24, 2.45) is 10.7 Å². The van der Waals surface area contributed by atoms with Crippen molar-refractivity contribution < 1.29 is 9.47 Å². The van der Waals surface area contributed by atoms with Gasteiger partial charge in [-0.25, -0.2) is 9.98 Å². The zero-order valence-electron chi connectivity index (χ0n) is 13.4. The number of para-hydroxylation sites is 1. The van der Waals surface area contributed by atoms with Gasteiger partial charge in [-0.1, -0.05) is 18.2 Å². The lowest BCUT2D eigenvalue weighted by Gasteiger charge is -2.26. The molecule has 0 aliphatic carbocycles. The Labute approximate surface area is 162 Å². The number of guanidine groups is 1. The third-order valence-corrected chi connectivity index (χ3v) is 4.43. The molecule has 0 saturated heterocycles. The number of ether oxygens (including phenoxy) is 2. The molecule has 1 aliphatic heterocycles. The first-order chi connectivity index (χ1) is 11.3. The summed E-state index contributed by atoms with van der Waals surface area (Å²) in [5.41, 5.74) is 8.04. The van der Waals surface area contributed by atoms with Crippen LogP contribution in [0.5, 0.6) is 5.75 Å². The van der Waals surface area contributed by atoms with Crippen molar-refractivity contribution in [2.75, 3.05) is 13.7 Å². The van der Waals surface area contributed by atoms with Gasteiger partial charge in [-0.05, 0) is 6.07 Å². The van der Waals surface area contributed by atoms with Crippen LogP contribution in [0, 0.1) is 0 Å². The normalized spacial score (nSPS) is 16.7. The van der Waals surface area contributed by atoms with Crippen molar-refractivity contribution in [1.29, 1.82) is 0 Å². The van der Waals surface area contributed by atoms with Crippen molar-refractivity contribution in [1.82, 2.24) is 10.3 Å². The number of aromatic nitrogens is 1. The number of aliphatic imine (C=N–C) groups is 1. The van der Waals surface area contributed by atoms with Crippen LogP contribution in [-0.4, -0.2) is 24.7 Å². The number of halogens is 1. The average Bonchev–Trinajstić information content (AvgIpc) is 3.01. The fourth-order valence-corrected chi connectivity index (χ4v) is 3.25. The zero-order valence-corrected chi connectivity index (χ0v) is 16.5. The molecule has 1 atom stereocenters. The molecule has 2 aromatic rings. The number of methoxy groups -OCH3 is 1. The maximum absolute atomic E-state index is 6.02. The first-order valence-corrected chi connectivity index (χ1v) is 8.34. The molecule has 0 amide bonds. The molecule has 0 fully saturated rings. The van der Waals surface area contributed by atoms with Gasteiger partial charge < -0.3 is 20.5 Å². The summed E-state index contributed by atoms with van der Waals surface area (Å²) < 4.78 is 10.7. The Morgan fingerprint density at radius 1 is 1.50 bits per heavy atom. The van der Waals surface area contributed by atoms with E-state index in [2.05, 4.69) is 21.4 Å². The highest BCUT2D eigenvalue weighted by atomic mass is 127. The van der Waals surface area contributed by atoms with Crippen LogP contribution in [0.3, 0.4) is 0 Å². The zero-order chi connectivity index (χ0) is 16.1. The first kappa shape index (κ1) is 18.9. The second kappa shape index (κ2) is 9.19. The van der Waals surface area contributed by atoms with E-state index in [9.17, 15) is 0 Å². The highest BCUT2D eigenvalue weighted by Gasteiger charge is 2.21. The third-order valence-electron chi connectivity index (χ3n) is 3.56. The summed E-state index contributed by atoms with van der Waals surface area (Å²) in [6.07, 6.45) is 0.863. The van der Waals surface area contributed by atoms with Gasteiger partial charge in [0.15, 0.2) is 5.96 Å². The summed E-state index contributed by atoms with van der Waals surface area (Å²) in [5, 5.41) is 6.20. The SMILES string of the molecule is COCc1nc(CN=C(N)NC2CCOc3ccccc32)cs1.I. The molecule has 3 N–H and O–H groups in total. The van der Waals surface area contributed by atoms with E-state index in [0.29, 0.717) is 25.7 Å². The molecule has 0 saturated carbocycles. The van der Waals surface area contributed by atoms with Gasteiger partial charge in [-0.2, -0.15) is 0 Å². The Bertz CT molecular complexity index is 692. The molecule has 1 aromatic carbocycles. The topological polar surface area (TPSA) is 81.8 Å². The minimum atomic E-state index is 0. The monoisotopic (exact) mass is 460 g/mol. The van der Waals surface area contributed by atoms with Crippen LogP contribution >= 0.6 is 35.3 Å². The molecule has 8 heteroatoms. The number of hydrogen-bond donors (Lipinski definition) is 2. The number of benzene rings is 1. The smallest absolute Gasteiger partial charge is 0.189 e. The van der Waals surface area contributed by atoms with Crippen LogP contribution in [0.4, 0.5) is 0 Å². The van der Waals surface area contributed by atoms with E-state index in [1.165, 1.54) is 0 Å². The number of nitrogens with zero attached hydrogens (tertiary/aromatic N) is 2. The van der Waals surface area contributed by atoms with E-state index < -0.39 is 0 Å². The number of thiazole rings is 1. The van der Waals surface area contributed by atoms with E-state index in [1.807, 2.05) is 23.6 Å². The molecule has 130 valence electrons. The van der Waals surface area contributed by atoms with Gasteiger partial charge in [0.1, 0.15) is 10.8 Å². The van der Waals surface area contributed by atoms with Crippen LogP contribution < -0.4 is 15.8 Å². The molecule has 6 nitrogen and oxygen atoms in total. The summed E-state index contributed by atoms with van der Waals surface area (Å²) in [5.74, 6) is 1.33. The molecule has 0 radical (unpaired) electrons. The standard InChI is InChI=1S/C16H20N4O2S.HI/c1-21-9-15-19-11(10-23-15)8-18-16(17)20-13-6-7-22-14-5-3-2-4-12(13)14;/h2-5,10,13H,6-9H2,1H3,(H3,17,18,20);1H. The second-order valence-electron chi connectivity index (χ2n) is 5.24. The molecule has 2 heterocycles. The fourth-order valence-electron chi connectivity index (χ4n) is 2.49. The fraction of sp³-hybridized carbons (Fsp3) is 0.375. The largest absolute Gasteiger partial charge is 0.493 e. The van der Waals surface area contributed by atoms with Gasteiger partial charge in [0, 0.05) is 24.5 Å². The molecule has 0 bridgehead atoms. The molecule has 0 spiro atoms. The summed E-state index contributed by atoms with van der Waals surface area (Å²) in [7, 11) is 1.66. The molecule has 3 rings (SSSR count). The Kier molecular flexibility index (Phi) is 7.25. The van der Waals surface area contributed by atoms with Crippen LogP contribution in [-0.2, 0) is 17.9 Å². The lowest BCUT2D eigenvalue weighted by Crippen LogP contribution is -2.37. The van der Waals surface area contributed by atoms with Crippen molar-refractivity contribution in [3.05, 3.63) is 45.9 Å². The quantitative estimate of drug-likeness (QED) is 0.408. The van der Waals surface area contributed by atoms with Crippen LogP contribution in [0.1, 0.15) is 28.7 Å². The van der Waals surface area contributed by atoms with Crippen LogP contribution in [0.2, 0.25) is 0 Å². The predicted octanol–water partition coefficient (Wildman–Crippen LogP) is 2.84. The van der Waals surface area contributed by atoms with Gasteiger partial charge in [0.2, 0.25) is 0 Å². The highest BCUT2D eigenvalue weighted by molar-refractivity contribution is 14.0. The number of rotatable bonds is 5. The Morgan fingerprint density at radius 3 is 3.17 bits per heavy atom. The Balaban J connectivity index is 0.00000208. The lowest BCUT2D eigenvalue weighted by atomic mass is 10.0. The number of fused-ring (bicyclic) bond motifs is 1. The lowest BCUT2D eigenvalue weighted by molar-refractivity contribution is 0.184. The van der Waals surface area contributed by atoms with Gasteiger partial charge >= 0.3 is 0 Å². The molecule has 24 heavy (non-hydrogen) atoms. The second-order valence-corrected chi connectivity index (χ2v) is 6.18. The van der Waals surface area contributed by atoms with E-state index >= 15 is 0 Å². The number of nitrogens with two attached hydrogens (primary N) is 1. The minimum Gasteiger partial charge on any atom is -0.493 e. The molecule has 1 aromatic heterocycles.